The Morgan fingerprint density at radius 3 is 1.02 bits per heavy atom. The van der Waals surface area contributed by atoms with Gasteiger partial charge in [0.2, 0.25) is 47.3 Å². The maximum absolute atomic E-state index is 14.8. The number of nitrogens with one attached hydrogen (secondary N) is 8. The van der Waals surface area contributed by atoms with Gasteiger partial charge in [0.1, 0.15) is 36.3 Å². The van der Waals surface area contributed by atoms with Crippen LogP contribution in [-0.4, -0.2) is 146 Å². The summed E-state index contributed by atoms with van der Waals surface area (Å²) in [6.07, 6.45) is 14.0. The zero-order chi connectivity index (χ0) is 62.4. The number of unbranched alkanes of at least 4 members (excludes halogenated alkanes) is 3. The molecule has 2 unspecified atom stereocenters. The Labute approximate surface area is 521 Å². The van der Waals surface area contributed by atoms with Gasteiger partial charge < -0.3 is 52.3 Å². The van der Waals surface area contributed by atoms with Crippen molar-refractivity contribution >= 4 is 47.3 Å². The lowest BCUT2D eigenvalue weighted by atomic mass is 9.83. The van der Waals surface area contributed by atoms with Gasteiger partial charge in [-0.3, -0.25) is 38.4 Å². The lowest BCUT2D eigenvalue weighted by Gasteiger charge is -2.36. The first-order valence-electron chi connectivity index (χ1n) is 32.7. The van der Waals surface area contributed by atoms with Crippen molar-refractivity contribution in [2.45, 2.75) is 190 Å². The van der Waals surface area contributed by atoms with Crippen LogP contribution in [0.2, 0.25) is 0 Å². The van der Waals surface area contributed by atoms with Crippen LogP contribution in [-0.2, 0) is 38.4 Å². The van der Waals surface area contributed by atoms with E-state index >= 15 is 0 Å². The molecule has 8 rings (SSSR count). The van der Waals surface area contributed by atoms with E-state index in [0.717, 1.165) is 99.3 Å². The second-order valence-corrected chi connectivity index (χ2v) is 24.7. The van der Waals surface area contributed by atoms with Crippen molar-refractivity contribution in [3.63, 3.8) is 0 Å². The van der Waals surface area contributed by atoms with E-state index in [1.165, 1.54) is 0 Å². The molecule has 2 saturated carbocycles. The molecule has 18 heteroatoms. The van der Waals surface area contributed by atoms with Gasteiger partial charge in [-0.1, -0.05) is 173 Å². The molecular formula is C70H96N10O8. The number of carbonyl (C=O) groups excluding carboxylic acids is 8. The number of benzene rings is 4. The fraction of sp³-hybridized carbons (Fsp3) is 0.543. The van der Waals surface area contributed by atoms with Gasteiger partial charge in [0, 0.05) is 38.0 Å². The van der Waals surface area contributed by atoms with Gasteiger partial charge >= 0.3 is 0 Å². The molecule has 2 saturated heterocycles. The van der Waals surface area contributed by atoms with Gasteiger partial charge in [-0.25, -0.2) is 0 Å². The van der Waals surface area contributed by atoms with Gasteiger partial charge in [0.15, 0.2) is 0 Å². The highest BCUT2D eigenvalue weighted by Gasteiger charge is 2.45. The van der Waals surface area contributed by atoms with Crippen LogP contribution in [0, 0.1) is 11.8 Å². The highest BCUT2D eigenvalue weighted by Crippen LogP contribution is 2.34. The second-order valence-electron chi connectivity index (χ2n) is 24.7. The minimum Gasteiger partial charge on any atom is -0.354 e. The van der Waals surface area contributed by atoms with Crippen LogP contribution < -0.4 is 42.5 Å². The number of hydrogen-bond acceptors (Lipinski definition) is 10. The summed E-state index contributed by atoms with van der Waals surface area (Å²) in [5.74, 6) is -3.84. The van der Waals surface area contributed by atoms with E-state index in [0.29, 0.717) is 64.7 Å². The summed E-state index contributed by atoms with van der Waals surface area (Å²) in [5.41, 5.74) is 3.36. The number of rotatable bonds is 29. The van der Waals surface area contributed by atoms with Crippen LogP contribution in [0.5, 0.6) is 0 Å². The quantitative estimate of drug-likeness (QED) is 0.0267. The summed E-state index contributed by atoms with van der Waals surface area (Å²) >= 11 is 0. The largest absolute Gasteiger partial charge is 0.354 e. The van der Waals surface area contributed by atoms with E-state index in [9.17, 15) is 38.4 Å². The number of likely N-dealkylation sites (N-methyl/N-ethyl adjacent to an activating group) is 2. The first-order chi connectivity index (χ1) is 42.8. The predicted octanol–water partition coefficient (Wildman–Crippen LogP) is 6.74. The Balaban J connectivity index is 0.921. The molecule has 4 fully saturated rings. The van der Waals surface area contributed by atoms with Crippen molar-refractivity contribution in [2.24, 2.45) is 11.8 Å². The average molecular weight is 1210 g/mol. The molecule has 2 heterocycles. The molecule has 474 valence electrons. The first-order valence-corrected chi connectivity index (χ1v) is 32.7. The molecule has 2 aliphatic carbocycles. The van der Waals surface area contributed by atoms with Crippen LogP contribution in [0.25, 0.3) is 0 Å². The highest BCUT2D eigenvalue weighted by molar-refractivity contribution is 5.97. The van der Waals surface area contributed by atoms with Crippen LogP contribution in [0.1, 0.15) is 164 Å². The molecule has 2 aliphatic heterocycles. The van der Waals surface area contributed by atoms with E-state index < -0.39 is 72.0 Å². The molecule has 4 aliphatic rings. The summed E-state index contributed by atoms with van der Waals surface area (Å²) in [6.45, 7) is 4.88. The first kappa shape index (κ1) is 66.5. The maximum atomic E-state index is 14.8. The molecular weight excluding hydrogens is 1110 g/mol. The van der Waals surface area contributed by atoms with E-state index in [1.807, 2.05) is 121 Å². The fourth-order valence-electron chi connectivity index (χ4n) is 13.6. The normalized spacial score (nSPS) is 19.4. The number of likely N-dealkylation sites (tertiary alicyclic amines) is 2. The molecule has 0 radical (unpaired) electrons. The molecule has 8 amide bonds. The highest BCUT2D eigenvalue weighted by atomic mass is 16.2. The summed E-state index contributed by atoms with van der Waals surface area (Å²) in [7, 11) is 3.41. The third-order valence-corrected chi connectivity index (χ3v) is 18.9. The third kappa shape index (κ3) is 17.7. The van der Waals surface area contributed by atoms with Crippen LogP contribution in [0.4, 0.5) is 0 Å². The minimum atomic E-state index is -1.05. The Kier molecular flexibility index (Phi) is 25.5. The Bertz CT molecular complexity index is 2620. The topological polar surface area (TPSA) is 239 Å². The van der Waals surface area contributed by atoms with Gasteiger partial charge in [-0.05, 0) is 126 Å². The molecule has 18 nitrogen and oxygen atoms in total. The summed E-state index contributed by atoms with van der Waals surface area (Å²) in [6, 6.07) is 32.3. The molecule has 8 N–H and O–H groups in total. The second kappa shape index (κ2) is 33.8. The molecule has 0 spiro atoms. The number of hydrogen-bond donors (Lipinski definition) is 8. The van der Waals surface area contributed by atoms with E-state index in [4.69, 9.17) is 0 Å². The SMILES string of the molecule is CN[C@@H](C)C(=O)N[C@H](C(=O)N1CCCC1C(=O)N[C@H](C(=O)NCCCCCCNC(=O)C(NC(=O)[C@@H]1CCCN1C(=O)[C@@H](NC(=O)[C@H](C)NC)C1CCCCC1)C(c1ccccc1)c1ccccc1)C(c1ccccc1)c1ccccc1)C1CCCCC1. The Morgan fingerprint density at radius 1 is 0.398 bits per heavy atom. The minimum absolute atomic E-state index is 0.0457. The van der Waals surface area contributed by atoms with Crippen LogP contribution in [0.15, 0.2) is 121 Å². The molecule has 8 atom stereocenters. The van der Waals surface area contributed by atoms with Crippen molar-refractivity contribution in [1.82, 2.24) is 52.3 Å². The van der Waals surface area contributed by atoms with E-state index in [-0.39, 0.29) is 47.3 Å². The lowest BCUT2D eigenvalue weighted by molar-refractivity contribution is -0.143. The van der Waals surface area contributed by atoms with Crippen LogP contribution in [0.3, 0.4) is 0 Å². The van der Waals surface area contributed by atoms with Gasteiger partial charge in [-0.2, -0.15) is 0 Å². The third-order valence-electron chi connectivity index (χ3n) is 18.9. The van der Waals surface area contributed by atoms with E-state index in [2.05, 4.69) is 42.5 Å². The van der Waals surface area contributed by atoms with E-state index in [1.54, 1.807) is 37.7 Å². The average Bonchev–Trinajstić information content (AvgIpc) is 4.40. The van der Waals surface area contributed by atoms with Gasteiger partial charge in [-0.15, -0.1) is 0 Å². The Morgan fingerprint density at radius 2 is 0.716 bits per heavy atom. The van der Waals surface area contributed by atoms with Crippen molar-refractivity contribution in [1.29, 1.82) is 0 Å². The zero-order valence-electron chi connectivity index (χ0n) is 52.2. The number of amides is 8. The zero-order valence-corrected chi connectivity index (χ0v) is 52.2. The van der Waals surface area contributed by atoms with Crippen molar-refractivity contribution in [3.8, 4) is 0 Å². The summed E-state index contributed by atoms with van der Waals surface area (Å²) < 4.78 is 0. The number of carbonyl (C=O) groups is 8. The lowest BCUT2D eigenvalue weighted by Crippen LogP contribution is -2.59. The monoisotopic (exact) mass is 1200 g/mol. The van der Waals surface area contributed by atoms with Crippen molar-refractivity contribution in [3.05, 3.63) is 144 Å². The van der Waals surface area contributed by atoms with Gasteiger partial charge in [0.05, 0.1) is 12.1 Å². The van der Waals surface area contributed by atoms with Crippen LogP contribution >= 0.6 is 0 Å². The van der Waals surface area contributed by atoms with Crippen molar-refractivity contribution < 1.29 is 38.4 Å². The molecule has 0 bridgehead atoms. The molecule has 0 aromatic heterocycles. The fourth-order valence-corrected chi connectivity index (χ4v) is 13.6. The Hall–Kier alpha value is -7.44. The molecule has 88 heavy (non-hydrogen) atoms. The van der Waals surface area contributed by atoms with Gasteiger partial charge in [0.25, 0.3) is 0 Å². The van der Waals surface area contributed by atoms with Crippen molar-refractivity contribution in [2.75, 3.05) is 40.3 Å². The summed E-state index contributed by atoms with van der Waals surface area (Å²) in [4.78, 5) is 118. The summed E-state index contributed by atoms with van der Waals surface area (Å²) in [5, 5.41) is 24.7. The molecule has 4 aromatic carbocycles. The standard InChI is InChI=1S/C70H96N10O8/c1-47(71-3)63(81)75-59(53-37-21-11-22-38-53)69(87)79-45-27-41-55(79)65(83)77-61(57(49-29-13-7-14-30-49)50-31-15-8-16-32-50)67(85)73-43-25-5-6-26-44-74-68(86)62(58(51-33-17-9-18-34-51)52-35-19-10-20-36-52)78-66(84)56-42-28-46-80(56)70(88)60(54-39-23-12-24-40-54)76-64(82)48(2)72-4/h7-10,13-20,29-36,47-48,53-62,71-72H,5-6,11-12,21-28,37-46H2,1-4H3,(H,73,85)(H,74,86)(H,75,81)(H,76,82)(H,77,83)(H,78,84)/t47-,48-,55-,56?,59-,60-,61?,62-/m0/s1. The predicted molar refractivity (Wildman–Crippen MR) is 341 cm³/mol. The molecule has 4 aromatic rings. The maximum Gasteiger partial charge on any atom is 0.246 e. The smallest absolute Gasteiger partial charge is 0.246 e. The number of nitrogens with zero attached hydrogens (tertiary/aromatic N) is 2.